The molecular formula is C6H2ClNO2WY-2. The van der Waals surface area contributed by atoms with Crippen LogP contribution in [0.2, 0.25) is 5.02 Å². The van der Waals surface area contributed by atoms with Gasteiger partial charge in [-0.25, -0.2) is 0 Å². The summed E-state index contributed by atoms with van der Waals surface area (Å²) in [5.41, 5.74) is -0.218. The first-order chi connectivity index (χ1) is 4.72. The first-order valence-corrected chi connectivity index (χ1v) is 2.77. The first kappa shape index (κ1) is 15.2. The number of carboxylic acid groups (broad SMARTS) is 1. The fourth-order valence-corrected chi connectivity index (χ4v) is 0.629. The number of hydrogen-bond donors (Lipinski definition) is 1. The van der Waals surface area contributed by atoms with Crippen LogP contribution < -0.4 is 0 Å². The zero-order chi connectivity index (χ0) is 7.56. The molecule has 6 heteroatoms. The van der Waals surface area contributed by atoms with Crippen molar-refractivity contribution in [1.82, 2.24) is 4.98 Å². The second-order valence-electron chi connectivity index (χ2n) is 1.50. The summed E-state index contributed by atoms with van der Waals surface area (Å²) in [5, 5.41) is 8.38. The van der Waals surface area contributed by atoms with E-state index in [2.05, 4.69) is 17.2 Å². The van der Waals surface area contributed by atoms with Crippen LogP contribution in [0.1, 0.15) is 10.5 Å². The van der Waals surface area contributed by atoms with Gasteiger partial charge in [0, 0.05) is 53.8 Å². The van der Waals surface area contributed by atoms with E-state index in [1.165, 1.54) is 6.07 Å². The number of carboxylic acids is 1. The minimum Gasteiger partial charge on any atom is -0.515 e. The van der Waals surface area contributed by atoms with E-state index in [9.17, 15) is 4.79 Å². The molecule has 0 aromatic carbocycles. The number of aromatic carboxylic acids is 1. The number of nitrogens with zero attached hydrogens (tertiary/aromatic N) is 1. The molecule has 0 spiro atoms. The van der Waals surface area contributed by atoms with Gasteiger partial charge in [0.25, 0.3) is 0 Å². The predicted octanol–water partition coefficient (Wildman–Crippen LogP) is 1.03. The van der Waals surface area contributed by atoms with Crippen LogP contribution in [0, 0.1) is 12.3 Å². The molecule has 0 atom stereocenters. The Hall–Kier alpha value is 0.702. The standard InChI is InChI=1S/C6H2ClNO2.W.Y/c7-4-2-1-3-8-5(4)6(9)10;;/h1H,(H,9,10);;/q-2;;. The smallest absolute Gasteiger partial charge is 0.241 e. The summed E-state index contributed by atoms with van der Waals surface area (Å²) in [7, 11) is 0. The summed E-state index contributed by atoms with van der Waals surface area (Å²) in [6, 6.07) is 3.78. The van der Waals surface area contributed by atoms with Crippen molar-refractivity contribution in [3.05, 3.63) is 29.0 Å². The number of pyridine rings is 1. The maximum Gasteiger partial charge on any atom is 0.241 e. The summed E-state index contributed by atoms with van der Waals surface area (Å²) >= 11 is 5.40. The summed E-state index contributed by atoms with van der Waals surface area (Å²) < 4.78 is 0. The summed E-state index contributed by atoms with van der Waals surface area (Å²) in [6.07, 6.45) is 2.31. The van der Waals surface area contributed by atoms with E-state index in [-0.39, 0.29) is 64.5 Å². The van der Waals surface area contributed by atoms with Crippen molar-refractivity contribution in [3.8, 4) is 0 Å². The van der Waals surface area contributed by atoms with Crippen LogP contribution in [0.3, 0.4) is 0 Å². The fraction of sp³-hybridized carbons (Fsp3) is 0. The Morgan fingerprint density at radius 2 is 2.25 bits per heavy atom. The van der Waals surface area contributed by atoms with Crippen molar-refractivity contribution in [2.24, 2.45) is 0 Å². The molecular weight excluding hydrogens is 426 g/mol. The zero-order valence-electron chi connectivity index (χ0n) is 5.74. The quantitative estimate of drug-likeness (QED) is 0.681. The molecule has 0 amide bonds. The molecule has 0 saturated carbocycles. The topological polar surface area (TPSA) is 50.2 Å². The number of aromatic nitrogens is 1. The van der Waals surface area contributed by atoms with Gasteiger partial charge in [-0.3, -0.25) is 17.1 Å². The Balaban J connectivity index is 0. The third-order valence-corrected chi connectivity index (χ3v) is 1.14. The Kier molecular flexibility index (Phi) is 9.03. The summed E-state index contributed by atoms with van der Waals surface area (Å²) in [4.78, 5) is 13.6. The van der Waals surface area contributed by atoms with Gasteiger partial charge in [0.05, 0.1) is 0 Å². The van der Waals surface area contributed by atoms with E-state index in [1.54, 1.807) is 0 Å². The van der Waals surface area contributed by atoms with Crippen molar-refractivity contribution in [2.75, 3.05) is 0 Å². The molecule has 0 fully saturated rings. The number of rotatable bonds is 1. The minimum atomic E-state index is -1.17. The minimum absolute atomic E-state index is 0. The first-order valence-electron chi connectivity index (χ1n) is 2.39. The Morgan fingerprint density at radius 3 is 2.58 bits per heavy atom. The molecule has 1 rings (SSSR count). The predicted molar refractivity (Wildman–Crippen MR) is 33.9 cm³/mol. The molecule has 1 radical (unpaired) electrons. The maximum atomic E-state index is 10.2. The molecule has 0 aliphatic heterocycles. The van der Waals surface area contributed by atoms with E-state index >= 15 is 0 Å². The fourth-order valence-electron chi connectivity index (χ4n) is 0.452. The number of halogens is 1. The van der Waals surface area contributed by atoms with E-state index < -0.39 is 5.97 Å². The molecule has 3 nitrogen and oxygen atoms in total. The third-order valence-electron chi connectivity index (χ3n) is 0.850. The van der Waals surface area contributed by atoms with Gasteiger partial charge in [-0.2, -0.15) is 5.02 Å². The van der Waals surface area contributed by atoms with E-state index in [0.29, 0.717) is 0 Å². The molecule has 0 unspecified atom stereocenters. The number of carbonyl (C=O) groups is 1. The van der Waals surface area contributed by atoms with Crippen LogP contribution >= 0.6 is 11.6 Å². The van der Waals surface area contributed by atoms with Gasteiger partial charge in [0.2, 0.25) is 5.97 Å². The number of hydrogen-bond acceptors (Lipinski definition) is 2. The molecule has 1 heterocycles. The monoisotopic (exact) mass is 428 g/mol. The molecule has 12 heavy (non-hydrogen) atoms. The van der Waals surface area contributed by atoms with E-state index in [0.717, 1.165) is 0 Å². The van der Waals surface area contributed by atoms with Crippen molar-refractivity contribution in [2.45, 2.75) is 0 Å². The normalized spacial score (nSPS) is 7.75. The van der Waals surface area contributed by atoms with Crippen LogP contribution in [-0.4, -0.2) is 16.1 Å². The van der Waals surface area contributed by atoms with Gasteiger partial charge in [0.1, 0.15) is 0 Å². The van der Waals surface area contributed by atoms with Crippen LogP contribution in [-0.2, 0) is 53.8 Å². The average molecular weight is 428 g/mol. The molecule has 61 valence electrons. The van der Waals surface area contributed by atoms with Crippen LogP contribution in [0.25, 0.3) is 0 Å². The SMILES string of the molecule is O=C(O)c1n[c-]c[c-]c1Cl.[W].[Y]. The Morgan fingerprint density at radius 1 is 1.67 bits per heavy atom. The second kappa shape index (κ2) is 7.14. The van der Waals surface area contributed by atoms with Gasteiger partial charge in [-0.15, -0.1) is 11.6 Å². The maximum absolute atomic E-state index is 10.2. The molecule has 1 aromatic rings. The van der Waals surface area contributed by atoms with Crippen molar-refractivity contribution in [1.29, 1.82) is 0 Å². The van der Waals surface area contributed by atoms with E-state index in [1.807, 2.05) is 0 Å². The van der Waals surface area contributed by atoms with Gasteiger partial charge >= 0.3 is 0 Å². The molecule has 1 N–H and O–H groups in total. The van der Waals surface area contributed by atoms with Crippen molar-refractivity contribution >= 4 is 17.6 Å². The van der Waals surface area contributed by atoms with Gasteiger partial charge in [-0.05, 0) is 0 Å². The molecule has 0 aliphatic rings. The van der Waals surface area contributed by atoms with Crippen molar-refractivity contribution < 1.29 is 63.7 Å². The largest absolute Gasteiger partial charge is 0.515 e. The summed E-state index contributed by atoms with van der Waals surface area (Å²) in [6.45, 7) is 0. The Bertz CT molecular complexity index is 271. The van der Waals surface area contributed by atoms with Crippen LogP contribution in [0.4, 0.5) is 0 Å². The van der Waals surface area contributed by atoms with E-state index in [4.69, 9.17) is 16.7 Å². The van der Waals surface area contributed by atoms with Gasteiger partial charge in [-0.1, -0.05) is 5.69 Å². The van der Waals surface area contributed by atoms with Crippen LogP contribution in [0.5, 0.6) is 0 Å². The van der Waals surface area contributed by atoms with Gasteiger partial charge in [0.15, 0.2) is 0 Å². The molecule has 0 aliphatic carbocycles. The third kappa shape index (κ3) is 4.09. The Labute approximate surface area is 114 Å². The van der Waals surface area contributed by atoms with Crippen molar-refractivity contribution in [3.63, 3.8) is 0 Å². The average Bonchev–Trinajstić information content (AvgIpc) is 1.88. The second-order valence-corrected chi connectivity index (χ2v) is 1.88. The summed E-state index contributed by atoms with van der Waals surface area (Å²) in [5.74, 6) is -1.17. The van der Waals surface area contributed by atoms with Gasteiger partial charge < -0.3 is 16.2 Å². The zero-order valence-corrected chi connectivity index (χ0v) is 12.3. The molecule has 0 bridgehead atoms. The van der Waals surface area contributed by atoms with Crippen LogP contribution in [0.15, 0.2) is 6.07 Å². The molecule has 0 saturated heterocycles. The molecule has 1 aromatic heterocycles.